The predicted octanol–water partition coefficient (Wildman–Crippen LogP) is -0.688. The van der Waals surface area contributed by atoms with E-state index in [9.17, 15) is 14.7 Å². The Morgan fingerprint density at radius 3 is 2.58 bits per heavy atom. The van der Waals surface area contributed by atoms with Gasteiger partial charge in [-0.2, -0.15) is 0 Å². The fourth-order valence-electron chi connectivity index (χ4n) is 2.70. The number of nitrogens with one attached hydrogen (secondary N) is 1. The maximum Gasteiger partial charge on any atom is 0.326 e. The van der Waals surface area contributed by atoms with Crippen LogP contribution in [0.2, 0.25) is 0 Å². The van der Waals surface area contributed by atoms with E-state index in [4.69, 9.17) is 5.11 Å². The van der Waals surface area contributed by atoms with Crippen LogP contribution in [0.3, 0.4) is 0 Å². The van der Waals surface area contributed by atoms with Crippen molar-refractivity contribution in [3.05, 3.63) is 0 Å². The Labute approximate surface area is 112 Å². The Hall–Kier alpha value is -1.34. The molecule has 0 saturated carbocycles. The van der Waals surface area contributed by atoms with Crippen molar-refractivity contribution < 1.29 is 19.8 Å². The normalized spacial score (nSPS) is 27.7. The number of hydrogen-bond donors (Lipinski definition) is 3. The molecule has 0 bridgehead atoms. The van der Waals surface area contributed by atoms with Gasteiger partial charge in [0.25, 0.3) is 0 Å². The third-order valence-electron chi connectivity index (χ3n) is 3.73. The number of aliphatic hydroxyl groups is 1. The molecule has 0 spiro atoms. The summed E-state index contributed by atoms with van der Waals surface area (Å²) in [7, 11) is 0. The Balaban J connectivity index is 1.76. The van der Waals surface area contributed by atoms with Gasteiger partial charge >= 0.3 is 12.0 Å². The summed E-state index contributed by atoms with van der Waals surface area (Å²) in [6, 6.07) is -1.31. The summed E-state index contributed by atoms with van der Waals surface area (Å²) in [6.45, 7) is 3.52. The molecule has 0 aromatic carbocycles. The van der Waals surface area contributed by atoms with Gasteiger partial charge in [0.2, 0.25) is 0 Å². The number of carbonyl (C=O) groups excluding carboxylic acids is 1. The summed E-state index contributed by atoms with van der Waals surface area (Å²) in [5, 5.41) is 21.2. The Kier molecular flexibility index (Phi) is 4.60. The molecule has 2 amide bonds. The number of hydrogen-bond acceptors (Lipinski definition) is 4. The van der Waals surface area contributed by atoms with E-state index in [0.717, 1.165) is 19.6 Å². The number of likely N-dealkylation sites (tertiary alicyclic amines) is 2. The molecule has 2 heterocycles. The number of amides is 2. The van der Waals surface area contributed by atoms with Crippen LogP contribution in [0.4, 0.5) is 4.79 Å². The standard InChI is InChI=1S/C12H21N3O4/c16-9-7-10(11(17)18)15(8-9)12(19)13-3-6-14-4-1-2-5-14/h9-10,16H,1-8H2,(H,13,19)(H,17,18). The first kappa shape index (κ1) is 14.1. The average molecular weight is 271 g/mol. The fraction of sp³-hybridized carbons (Fsp3) is 0.833. The Morgan fingerprint density at radius 2 is 1.95 bits per heavy atom. The first-order chi connectivity index (χ1) is 9.08. The minimum atomic E-state index is -1.06. The van der Waals surface area contributed by atoms with Crippen molar-refractivity contribution in [1.29, 1.82) is 0 Å². The zero-order chi connectivity index (χ0) is 13.8. The quantitative estimate of drug-likeness (QED) is 0.629. The SMILES string of the molecule is O=C(O)C1CC(O)CN1C(=O)NCCN1CCCC1. The molecule has 0 radical (unpaired) electrons. The van der Waals surface area contributed by atoms with E-state index < -0.39 is 24.1 Å². The second-order valence-electron chi connectivity index (χ2n) is 5.18. The number of carboxylic acids is 1. The van der Waals surface area contributed by atoms with E-state index in [-0.39, 0.29) is 13.0 Å². The minimum absolute atomic E-state index is 0.0898. The van der Waals surface area contributed by atoms with Gasteiger partial charge in [-0.25, -0.2) is 9.59 Å². The number of aliphatic hydroxyl groups excluding tert-OH is 1. The summed E-state index contributed by atoms with van der Waals surface area (Å²) in [5.74, 6) is -1.06. The molecule has 7 nitrogen and oxygen atoms in total. The predicted molar refractivity (Wildman–Crippen MR) is 67.8 cm³/mol. The van der Waals surface area contributed by atoms with Crippen molar-refractivity contribution in [3.63, 3.8) is 0 Å². The van der Waals surface area contributed by atoms with Crippen molar-refractivity contribution in [2.24, 2.45) is 0 Å². The number of aliphatic carboxylic acids is 1. The van der Waals surface area contributed by atoms with E-state index >= 15 is 0 Å². The minimum Gasteiger partial charge on any atom is -0.480 e. The molecule has 0 aromatic heterocycles. The molecular formula is C12H21N3O4. The molecule has 2 unspecified atom stereocenters. The number of urea groups is 1. The van der Waals surface area contributed by atoms with Crippen LogP contribution in [0.5, 0.6) is 0 Å². The molecule has 2 aliphatic heterocycles. The fourth-order valence-corrected chi connectivity index (χ4v) is 2.70. The molecule has 19 heavy (non-hydrogen) atoms. The summed E-state index contributed by atoms with van der Waals surface area (Å²) >= 11 is 0. The zero-order valence-corrected chi connectivity index (χ0v) is 10.9. The lowest BCUT2D eigenvalue weighted by molar-refractivity contribution is -0.141. The molecule has 7 heteroatoms. The monoisotopic (exact) mass is 271 g/mol. The van der Waals surface area contributed by atoms with Crippen molar-refractivity contribution in [1.82, 2.24) is 15.1 Å². The molecule has 2 rings (SSSR count). The molecule has 2 saturated heterocycles. The highest BCUT2D eigenvalue weighted by Crippen LogP contribution is 2.18. The second kappa shape index (κ2) is 6.21. The van der Waals surface area contributed by atoms with Crippen LogP contribution in [0.25, 0.3) is 0 Å². The van der Waals surface area contributed by atoms with Gasteiger partial charge in [-0.1, -0.05) is 0 Å². The van der Waals surface area contributed by atoms with Gasteiger partial charge in [0.05, 0.1) is 6.10 Å². The van der Waals surface area contributed by atoms with Gasteiger partial charge in [0.1, 0.15) is 6.04 Å². The van der Waals surface area contributed by atoms with Gasteiger partial charge in [-0.05, 0) is 25.9 Å². The smallest absolute Gasteiger partial charge is 0.326 e. The lowest BCUT2D eigenvalue weighted by Gasteiger charge is -2.22. The van der Waals surface area contributed by atoms with Crippen LogP contribution in [0, 0.1) is 0 Å². The summed E-state index contributed by atoms with van der Waals surface area (Å²) in [5.41, 5.74) is 0. The molecule has 0 aromatic rings. The lowest BCUT2D eigenvalue weighted by Crippen LogP contribution is -2.47. The summed E-state index contributed by atoms with van der Waals surface area (Å²) in [6.07, 6.45) is 1.76. The molecule has 2 aliphatic rings. The molecular weight excluding hydrogens is 250 g/mol. The Morgan fingerprint density at radius 1 is 1.26 bits per heavy atom. The second-order valence-corrected chi connectivity index (χ2v) is 5.18. The first-order valence-electron chi connectivity index (χ1n) is 6.75. The number of carbonyl (C=O) groups is 2. The molecule has 108 valence electrons. The number of nitrogens with zero attached hydrogens (tertiary/aromatic N) is 2. The van der Waals surface area contributed by atoms with Gasteiger partial charge in [-0.15, -0.1) is 0 Å². The number of carboxylic acid groups (broad SMARTS) is 1. The van der Waals surface area contributed by atoms with Crippen molar-refractivity contribution in [2.45, 2.75) is 31.4 Å². The molecule has 3 N–H and O–H groups in total. The topological polar surface area (TPSA) is 93.1 Å². The van der Waals surface area contributed by atoms with Gasteiger partial charge in [0, 0.05) is 26.1 Å². The molecule has 0 aliphatic carbocycles. The Bertz CT molecular complexity index is 344. The zero-order valence-electron chi connectivity index (χ0n) is 10.9. The maximum absolute atomic E-state index is 11.9. The summed E-state index contributed by atoms with van der Waals surface area (Å²) < 4.78 is 0. The van der Waals surface area contributed by atoms with Crippen LogP contribution >= 0.6 is 0 Å². The third-order valence-corrected chi connectivity index (χ3v) is 3.73. The van der Waals surface area contributed by atoms with Crippen molar-refractivity contribution in [3.8, 4) is 0 Å². The van der Waals surface area contributed by atoms with Gasteiger partial charge in [-0.3, -0.25) is 0 Å². The lowest BCUT2D eigenvalue weighted by atomic mass is 10.2. The van der Waals surface area contributed by atoms with Gasteiger partial charge in [0.15, 0.2) is 0 Å². The molecule has 2 atom stereocenters. The van der Waals surface area contributed by atoms with E-state index in [2.05, 4.69) is 10.2 Å². The van der Waals surface area contributed by atoms with E-state index in [1.54, 1.807) is 0 Å². The highest BCUT2D eigenvalue weighted by molar-refractivity contribution is 5.83. The first-order valence-corrected chi connectivity index (χ1v) is 6.75. The highest BCUT2D eigenvalue weighted by atomic mass is 16.4. The number of β-amino-alcohol motifs (C(OH)–C–C–N with tert-alkyl or cyclic N) is 1. The van der Waals surface area contributed by atoms with Crippen LogP contribution in [-0.2, 0) is 4.79 Å². The largest absolute Gasteiger partial charge is 0.480 e. The highest BCUT2D eigenvalue weighted by Gasteiger charge is 2.38. The average Bonchev–Trinajstić information content (AvgIpc) is 2.98. The van der Waals surface area contributed by atoms with Gasteiger partial charge < -0.3 is 25.3 Å². The van der Waals surface area contributed by atoms with Crippen LogP contribution in [0.15, 0.2) is 0 Å². The molecule has 2 fully saturated rings. The van der Waals surface area contributed by atoms with E-state index in [0.29, 0.717) is 6.54 Å². The van der Waals surface area contributed by atoms with Crippen LogP contribution < -0.4 is 5.32 Å². The van der Waals surface area contributed by atoms with E-state index in [1.807, 2.05) is 0 Å². The van der Waals surface area contributed by atoms with E-state index in [1.165, 1.54) is 17.7 Å². The van der Waals surface area contributed by atoms with Crippen LogP contribution in [-0.4, -0.2) is 76.9 Å². The van der Waals surface area contributed by atoms with Crippen LogP contribution in [0.1, 0.15) is 19.3 Å². The summed E-state index contributed by atoms with van der Waals surface area (Å²) in [4.78, 5) is 26.4. The van der Waals surface area contributed by atoms with Crippen molar-refractivity contribution >= 4 is 12.0 Å². The third kappa shape index (κ3) is 3.57. The maximum atomic E-state index is 11.9. The number of rotatable bonds is 4. The van der Waals surface area contributed by atoms with Crippen molar-refractivity contribution in [2.75, 3.05) is 32.7 Å².